The zero-order valence-corrected chi connectivity index (χ0v) is 12.1. The molecular weight excluding hydrogens is 337 g/mol. The summed E-state index contributed by atoms with van der Waals surface area (Å²) in [4.78, 5) is 4.01. The molecule has 0 aliphatic rings. The minimum atomic E-state index is -4.42. The Morgan fingerprint density at radius 3 is 2.65 bits per heavy atom. The second-order valence-electron chi connectivity index (χ2n) is 4.35. The second-order valence-corrected chi connectivity index (χ2v) is 5.20. The van der Waals surface area contributed by atoms with E-state index in [4.69, 9.17) is 5.73 Å². The summed E-state index contributed by atoms with van der Waals surface area (Å²) in [5.41, 5.74) is 5.63. The number of benzene rings is 1. The summed E-state index contributed by atoms with van der Waals surface area (Å²) in [6.07, 6.45) is -2.72. The summed E-state index contributed by atoms with van der Waals surface area (Å²) in [6.45, 7) is 0. The lowest BCUT2D eigenvalue weighted by Crippen LogP contribution is -2.17. The molecular formula is C12H12BrF3N4. The van der Waals surface area contributed by atoms with Crippen LogP contribution < -0.4 is 5.73 Å². The molecule has 1 unspecified atom stereocenters. The molecule has 0 amide bonds. The number of aryl methyl sites for hydroxylation is 1. The molecule has 20 heavy (non-hydrogen) atoms. The summed E-state index contributed by atoms with van der Waals surface area (Å²) >= 11 is 2.90. The fourth-order valence-corrected chi connectivity index (χ4v) is 2.28. The van der Waals surface area contributed by atoms with E-state index in [9.17, 15) is 13.2 Å². The van der Waals surface area contributed by atoms with E-state index < -0.39 is 17.8 Å². The first kappa shape index (κ1) is 15.0. The van der Waals surface area contributed by atoms with E-state index in [0.717, 1.165) is 6.07 Å². The van der Waals surface area contributed by atoms with Gasteiger partial charge in [0.1, 0.15) is 12.2 Å². The molecule has 1 aromatic carbocycles. The number of rotatable bonds is 3. The molecule has 1 heterocycles. The van der Waals surface area contributed by atoms with Gasteiger partial charge in [-0.1, -0.05) is 22.0 Å². The number of nitrogens with two attached hydrogens (primary N) is 1. The van der Waals surface area contributed by atoms with E-state index in [0.29, 0.717) is 17.8 Å². The van der Waals surface area contributed by atoms with Gasteiger partial charge >= 0.3 is 6.18 Å². The van der Waals surface area contributed by atoms with Crippen LogP contribution in [0.4, 0.5) is 13.2 Å². The molecule has 0 spiro atoms. The van der Waals surface area contributed by atoms with Crippen molar-refractivity contribution in [3.8, 4) is 0 Å². The highest BCUT2D eigenvalue weighted by molar-refractivity contribution is 9.10. The largest absolute Gasteiger partial charge is 0.417 e. The lowest BCUT2D eigenvalue weighted by atomic mass is 10.0. The molecule has 0 radical (unpaired) electrons. The first-order valence-corrected chi connectivity index (χ1v) is 6.53. The number of hydrogen-bond acceptors (Lipinski definition) is 3. The van der Waals surface area contributed by atoms with Gasteiger partial charge in [0, 0.05) is 24.0 Å². The molecule has 2 N–H and O–H groups in total. The Hall–Kier alpha value is -1.41. The van der Waals surface area contributed by atoms with Crippen LogP contribution in [0, 0.1) is 0 Å². The van der Waals surface area contributed by atoms with Crippen molar-refractivity contribution in [2.75, 3.05) is 0 Å². The monoisotopic (exact) mass is 348 g/mol. The van der Waals surface area contributed by atoms with Crippen LogP contribution in [0.2, 0.25) is 0 Å². The Labute approximate surface area is 121 Å². The van der Waals surface area contributed by atoms with Crippen molar-refractivity contribution in [3.05, 3.63) is 46.0 Å². The van der Waals surface area contributed by atoms with Gasteiger partial charge in [-0.2, -0.15) is 18.3 Å². The van der Waals surface area contributed by atoms with E-state index in [2.05, 4.69) is 26.0 Å². The Bertz CT molecular complexity index is 609. The molecule has 2 aromatic rings. The molecule has 0 fully saturated rings. The third kappa shape index (κ3) is 3.18. The van der Waals surface area contributed by atoms with Crippen molar-refractivity contribution in [2.45, 2.75) is 18.6 Å². The van der Waals surface area contributed by atoms with Crippen molar-refractivity contribution < 1.29 is 13.2 Å². The molecule has 8 heteroatoms. The number of alkyl halides is 3. The van der Waals surface area contributed by atoms with Gasteiger partial charge in [0.15, 0.2) is 0 Å². The van der Waals surface area contributed by atoms with Crippen molar-refractivity contribution >= 4 is 15.9 Å². The van der Waals surface area contributed by atoms with Gasteiger partial charge in [0.05, 0.1) is 5.56 Å². The Morgan fingerprint density at radius 2 is 2.10 bits per heavy atom. The third-order valence-corrected chi connectivity index (χ3v) is 3.62. The average Bonchev–Trinajstić information content (AvgIpc) is 2.74. The van der Waals surface area contributed by atoms with Gasteiger partial charge in [0.2, 0.25) is 0 Å². The van der Waals surface area contributed by atoms with Crippen LogP contribution in [-0.2, 0) is 19.6 Å². The van der Waals surface area contributed by atoms with E-state index in [1.54, 1.807) is 17.8 Å². The van der Waals surface area contributed by atoms with Gasteiger partial charge in [-0.25, -0.2) is 4.98 Å². The smallest absolute Gasteiger partial charge is 0.324 e. The van der Waals surface area contributed by atoms with Crippen molar-refractivity contribution in [1.82, 2.24) is 14.8 Å². The second kappa shape index (κ2) is 5.53. The van der Waals surface area contributed by atoms with Crippen LogP contribution in [0.1, 0.15) is 23.0 Å². The number of halogens is 4. The van der Waals surface area contributed by atoms with Crippen LogP contribution in [0.15, 0.2) is 29.0 Å². The van der Waals surface area contributed by atoms with Gasteiger partial charge in [-0.05, 0) is 17.7 Å². The maximum absolute atomic E-state index is 12.8. The van der Waals surface area contributed by atoms with E-state index in [1.807, 2.05) is 0 Å². The van der Waals surface area contributed by atoms with E-state index in [-0.39, 0.29) is 4.47 Å². The minimum absolute atomic E-state index is 0.000363. The normalized spacial score (nSPS) is 13.5. The number of aromatic nitrogens is 3. The topological polar surface area (TPSA) is 56.7 Å². The maximum atomic E-state index is 12.8. The van der Waals surface area contributed by atoms with Crippen molar-refractivity contribution in [2.24, 2.45) is 12.8 Å². The van der Waals surface area contributed by atoms with E-state index in [1.165, 1.54) is 12.4 Å². The summed E-state index contributed by atoms with van der Waals surface area (Å²) in [5, 5.41) is 3.90. The molecule has 1 aromatic heterocycles. The van der Waals surface area contributed by atoms with Gasteiger partial charge in [-0.3, -0.25) is 4.68 Å². The zero-order chi connectivity index (χ0) is 14.9. The minimum Gasteiger partial charge on any atom is -0.324 e. The molecule has 2 rings (SSSR count). The van der Waals surface area contributed by atoms with Crippen LogP contribution in [0.5, 0.6) is 0 Å². The van der Waals surface area contributed by atoms with Gasteiger partial charge < -0.3 is 5.73 Å². The summed E-state index contributed by atoms with van der Waals surface area (Å²) in [5.74, 6) is 0.619. The highest BCUT2D eigenvalue weighted by Gasteiger charge is 2.33. The highest BCUT2D eigenvalue weighted by atomic mass is 79.9. The fourth-order valence-electron chi connectivity index (χ4n) is 1.81. The first-order valence-electron chi connectivity index (χ1n) is 5.74. The van der Waals surface area contributed by atoms with Crippen LogP contribution in [0.3, 0.4) is 0 Å². The quantitative estimate of drug-likeness (QED) is 0.927. The first-order chi connectivity index (χ1) is 9.29. The fraction of sp³-hybridized carbons (Fsp3) is 0.333. The summed E-state index contributed by atoms with van der Waals surface area (Å²) in [6, 6.07) is 3.41. The SMILES string of the molecule is Cn1ncnc1CC(N)c1ccc(Br)c(C(F)(F)F)c1. The predicted octanol–water partition coefficient (Wildman–Crippen LogP) is 2.84. The van der Waals surface area contributed by atoms with Crippen LogP contribution >= 0.6 is 15.9 Å². The number of hydrogen-bond donors (Lipinski definition) is 1. The molecule has 4 nitrogen and oxygen atoms in total. The Morgan fingerprint density at radius 1 is 1.40 bits per heavy atom. The molecule has 1 atom stereocenters. The van der Waals surface area contributed by atoms with Crippen molar-refractivity contribution in [3.63, 3.8) is 0 Å². The third-order valence-electron chi connectivity index (χ3n) is 2.93. The lowest BCUT2D eigenvalue weighted by molar-refractivity contribution is -0.138. The molecule has 0 aliphatic carbocycles. The van der Waals surface area contributed by atoms with Crippen molar-refractivity contribution in [1.29, 1.82) is 0 Å². The maximum Gasteiger partial charge on any atom is 0.417 e. The predicted molar refractivity (Wildman–Crippen MR) is 70.8 cm³/mol. The molecule has 0 bridgehead atoms. The highest BCUT2D eigenvalue weighted by Crippen LogP contribution is 2.36. The average molecular weight is 349 g/mol. The summed E-state index contributed by atoms with van der Waals surface area (Å²) in [7, 11) is 1.71. The summed E-state index contributed by atoms with van der Waals surface area (Å²) < 4.78 is 40.1. The Kier molecular flexibility index (Phi) is 4.14. The Balaban J connectivity index is 2.27. The molecule has 0 saturated heterocycles. The van der Waals surface area contributed by atoms with Gasteiger partial charge in [-0.15, -0.1) is 0 Å². The molecule has 108 valence electrons. The zero-order valence-electron chi connectivity index (χ0n) is 10.5. The molecule has 0 saturated carbocycles. The van der Waals surface area contributed by atoms with Crippen LogP contribution in [-0.4, -0.2) is 14.8 Å². The van der Waals surface area contributed by atoms with E-state index >= 15 is 0 Å². The van der Waals surface area contributed by atoms with Gasteiger partial charge in [0.25, 0.3) is 0 Å². The van der Waals surface area contributed by atoms with Crippen LogP contribution in [0.25, 0.3) is 0 Å². The lowest BCUT2D eigenvalue weighted by Gasteiger charge is -2.15. The standard InChI is InChI=1S/C12H12BrF3N4/c1-20-11(18-6-19-20)5-10(17)7-2-3-9(13)8(4-7)12(14,15)16/h2-4,6,10H,5,17H2,1H3. The molecule has 0 aliphatic heterocycles. The number of nitrogens with zero attached hydrogens (tertiary/aromatic N) is 3.